The van der Waals surface area contributed by atoms with Crippen molar-refractivity contribution in [3.8, 4) is 0 Å². The minimum atomic E-state index is -2.40. The summed E-state index contributed by atoms with van der Waals surface area (Å²) in [5.41, 5.74) is 0.770. The van der Waals surface area contributed by atoms with Crippen LogP contribution in [-0.2, 0) is 92.2 Å². The second kappa shape index (κ2) is 32.7. The summed E-state index contributed by atoms with van der Waals surface area (Å²) < 4.78 is 66.0. The summed E-state index contributed by atoms with van der Waals surface area (Å²) >= 11 is 0. The number of ether oxygens (including phenoxy) is 12. The number of carboxylic acids is 1. The van der Waals surface area contributed by atoms with Gasteiger partial charge in [-0.3, -0.25) is 28.8 Å². The summed E-state index contributed by atoms with van der Waals surface area (Å²) in [5.74, 6) is -7.94. The van der Waals surface area contributed by atoms with E-state index in [4.69, 9.17) is 56.8 Å². The van der Waals surface area contributed by atoms with Crippen LogP contribution in [0.15, 0.2) is 24.3 Å². The van der Waals surface area contributed by atoms with Crippen LogP contribution in [0.1, 0.15) is 42.6 Å². The Balaban J connectivity index is 1.01. The van der Waals surface area contributed by atoms with Crippen LogP contribution in [0.2, 0.25) is 0 Å². The Morgan fingerprint density at radius 2 is 1.20 bits per heavy atom. The Morgan fingerprint density at radius 3 is 1.73 bits per heavy atom. The van der Waals surface area contributed by atoms with Crippen molar-refractivity contribution in [1.82, 2.24) is 21.3 Å². The van der Waals surface area contributed by atoms with Crippen LogP contribution in [0.25, 0.3) is 0 Å². The zero-order valence-corrected chi connectivity index (χ0v) is 47.3. The van der Waals surface area contributed by atoms with Crippen molar-refractivity contribution in [3.05, 3.63) is 35.4 Å². The highest BCUT2D eigenvalue weighted by Gasteiger charge is 2.58. The first-order chi connectivity index (χ1) is 41.8. The summed E-state index contributed by atoms with van der Waals surface area (Å²) in [6.07, 6.45) is -42.7. The van der Waals surface area contributed by atoms with Crippen molar-refractivity contribution in [2.45, 2.75) is 187 Å². The van der Waals surface area contributed by atoms with E-state index in [1.165, 1.54) is 12.1 Å². The van der Waals surface area contributed by atoms with Crippen LogP contribution in [0.5, 0.6) is 0 Å². The molecular formula is C51H76N4O33. The number of aliphatic carboxylic acids is 1. The number of rotatable bonds is 30. The molecular weight excluding hydrogens is 1200 g/mol. The number of benzene rings is 1. The number of hydrogen-bond acceptors (Lipinski definition) is 33. The number of carbonyl (C=O) groups excluding carboxylic acids is 6. The Kier molecular flexibility index (Phi) is 26.7. The van der Waals surface area contributed by atoms with Gasteiger partial charge < -0.3 is 150 Å². The molecule has 37 nitrogen and oxygen atoms in total. The van der Waals surface area contributed by atoms with E-state index in [1.54, 1.807) is 12.1 Å². The predicted octanol–water partition coefficient (Wildman–Crippen LogP) is -10.8. The minimum Gasteiger partial charge on any atom is -0.477 e. The van der Waals surface area contributed by atoms with Crippen LogP contribution >= 0.6 is 0 Å². The van der Waals surface area contributed by atoms with Crippen molar-refractivity contribution in [3.63, 3.8) is 0 Å². The van der Waals surface area contributed by atoms with Crippen LogP contribution in [0.4, 0.5) is 0 Å². The molecule has 6 rings (SSSR count). The average molecular weight is 1270 g/mol. The van der Waals surface area contributed by atoms with Crippen molar-refractivity contribution >= 4 is 42.4 Å². The standard InChI is InChI=1S/C51H76N4O33/c1-19(61)54-29-33(68)32(67)27(15-57)81-44(29)84-42-36(71)38(73)47(87-49(42)80-18-60)83-40-28(16-58)82-45(30(34(40)69)55-20(2)62)85-41-35(70)37(72)46(86-48(41)79-17-59)78-9-8-53-43(74)22-6-4-21(5-7-22)12-52-13-23(63)10-24-25(64)11-51(77-3,50(75)76)88-39(24)31(66)26(65)14-56/h4-7,17-18,24-42,44-49,52,56-58,64-73H,8-16H2,1-3H3,(H,53,74)(H,54,61)(H,55,62)(H,75,76)/t24-,25?,26-,27?,28?,29+,30+,31-,32-,33?,34?,35?,36?,37+,38+,39?,40-,41+,42+,44-,45-,46-,47-,48?,49?,51-/m1/s1. The zero-order chi connectivity index (χ0) is 64.9. The molecule has 1 aromatic rings. The first-order valence-electron chi connectivity index (χ1n) is 27.4. The van der Waals surface area contributed by atoms with Crippen LogP contribution in [0.3, 0.4) is 0 Å². The van der Waals surface area contributed by atoms with Crippen LogP contribution in [-0.4, -0.2) is 314 Å². The van der Waals surface area contributed by atoms with Gasteiger partial charge in [0.15, 0.2) is 37.4 Å². The lowest BCUT2D eigenvalue weighted by molar-refractivity contribution is -0.398. The lowest BCUT2D eigenvalue weighted by Gasteiger charge is -2.49. The van der Waals surface area contributed by atoms with E-state index in [2.05, 4.69) is 21.3 Å². The maximum atomic E-state index is 13.0. The summed E-state index contributed by atoms with van der Waals surface area (Å²) in [7, 11) is 1.000. The molecule has 0 aliphatic carbocycles. The molecule has 26 atom stereocenters. The van der Waals surface area contributed by atoms with Gasteiger partial charge in [-0.05, 0) is 17.7 Å². The number of hydrogen-bond donors (Lipinski definition) is 18. The van der Waals surface area contributed by atoms with Crippen molar-refractivity contribution < 1.29 is 162 Å². The molecule has 0 bridgehead atoms. The molecule has 10 unspecified atom stereocenters. The maximum absolute atomic E-state index is 13.0. The van der Waals surface area contributed by atoms with Gasteiger partial charge in [0.2, 0.25) is 24.4 Å². The minimum absolute atomic E-state index is 0.0998. The highest BCUT2D eigenvalue weighted by atomic mass is 16.8. The van der Waals surface area contributed by atoms with Gasteiger partial charge in [-0.15, -0.1) is 0 Å². The Hall–Kier alpha value is -5.25. The molecule has 18 N–H and O–H groups in total. The van der Waals surface area contributed by atoms with E-state index in [1.807, 2.05) is 0 Å². The van der Waals surface area contributed by atoms with Gasteiger partial charge in [0, 0.05) is 58.4 Å². The lowest BCUT2D eigenvalue weighted by atomic mass is 9.80. The summed E-state index contributed by atoms with van der Waals surface area (Å²) in [4.78, 5) is 85.9. The van der Waals surface area contributed by atoms with Gasteiger partial charge in [0.25, 0.3) is 24.6 Å². The second-order valence-electron chi connectivity index (χ2n) is 21.0. The fourth-order valence-corrected chi connectivity index (χ4v) is 10.4. The van der Waals surface area contributed by atoms with E-state index in [9.17, 15) is 105 Å². The molecule has 0 saturated carbocycles. The molecule has 37 heteroatoms. The summed E-state index contributed by atoms with van der Waals surface area (Å²) in [5, 5.41) is 159. The molecule has 5 saturated heterocycles. The number of carbonyl (C=O) groups is 7. The first kappa shape index (κ1) is 71.8. The number of aliphatic hydroxyl groups excluding tert-OH is 13. The molecule has 5 aliphatic heterocycles. The van der Waals surface area contributed by atoms with E-state index >= 15 is 0 Å². The van der Waals surface area contributed by atoms with Crippen LogP contribution in [0, 0.1) is 5.92 Å². The second-order valence-corrected chi connectivity index (χ2v) is 21.0. The van der Waals surface area contributed by atoms with E-state index in [0.29, 0.717) is 5.56 Å². The molecule has 5 heterocycles. The lowest BCUT2D eigenvalue weighted by Crippen LogP contribution is -2.70. The topological polar surface area (TPSA) is 562 Å². The molecule has 88 heavy (non-hydrogen) atoms. The average Bonchev–Trinajstić information content (AvgIpc) is 1.17. The number of aliphatic hydroxyl groups is 13. The summed E-state index contributed by atoms with van der Waals surface area (Å²) in [6.45, 7) is -1.90. The Morgan fingerprint density at radius 1 is 0.670 bits per heavy atom. The van der Waals surface area contributed by atoms with Gasteiger partial charge in [-0.25, -0.2) is 4.79 Å². The molecule has 3 amide bonds. The van der Waals surface area contributed by atoms with Gasteiger partial charge in [-0.2, -0.15) is 0 Å². The molecule has 5 aliphatic rings. The molecule has 0 spiro atoms. The fourth-order valence-electron chi connectivity index (χ4n) is 10.4. The molecule has 1 aromatic carbocycles. The Bertz CT molecular complexity index is 2460. The third-order valence-electron chi connectivity index (χ3n) is 15.0. The number of Topliss-reactive ketones (excluding diaryl/α,β-unsaturated/α-hetero) is 1. The zero-order valence-electron chi connectivity index (χ0n) is 47.3. The SMILES string of the molecule is CO[C@]1(C(=O)O)CC(O)[C@@H](CC(=O)CNCc2ccc(C(=O)NCCO[C@@H]3OC(OC=O)[C@@H](O[C@H]4OC(CO)[C@@H](O[C@@H]5OC(OC=O)[C@@H](O[C@H]6OC(CO)[C@@H](O)C(O)[C@@H]6NC(C)=O)C(O)[C@@H]5O)C(O)[C@@H]4NC(C)=O)C(O)[C@@H]3O)cc2)C([C@H](O)[C@H](O)CO)O1. The van der Waals surface area contributed by atoms with Gasteiger partial charge in [0.1, 0.15) is 91.1 Å². The van der Waals surface area contributed by atoms with Gasteiger partial charge in [-0.1, -0.05) is 12.1 Å². The third-order valence-corrected chi connectivity index (χ3v) is 15.0. The molecule has 5 fully saturated rings. The van der Waals surface area contributed by atoms with E-state index in [0.717, 1.165) is 21.0 Å². The molecule has 0 radical (unpaired) electrons. The smallest absolute Gasteiger partial charge is 0.364 e. The van der Waals surface area contributed by atoms with Crippen LogP contribution < -0.4 is 21.3 Å². The molecule has 0 aromatic heterocycles. The number of ketones is 1. The highest BCUT2D eigenvalue weighted by molar-refractivity contribution is 5.94. The van der Waals surface area contributed by atoms with Gasteiger partial charge in [0.05, 0.1) is 45.2 Å². The molecule has 498 valence electrons. The highest BCUT2D eigenvalue weighted by Crippen LogP contribution is 2.39. The number of nitrogens with one attached hydrogen (secondary N) is 4. The van der Waals surface area contributed by atoms with Crippen molar-refractivity contribution in [2.75, 3.05) is 46.6 Å². The predicted molar refractivity (Wildman–Crippen MR) is 277 cm³/mol. The number of methoxy groups -OCH3 is 1. The van der Waals surface area contributed by atoms with Crippen molar-refractivity contribution in [2.24, 2.45) is 5.92 Å². The largest absolute Gasteiger partial charge is 0.477 e. The van der Waals surface area contributed by atoms with E-state index in [-0.39, 0.29) is 38.1 Å². The maximum Gasteiger partial charge on any atom is 0.364 e. The van der Waals surface area contributed by atoms with E-state index < -0.39 is 228 Å². The number of amides is 3. The normalized spacial score (nSPS) is 38.3. The van der Waals surface area contributed by atoms with Gasteiger partial charge >= 0.3 is 5.97 Å². The Labute approximate surface area is 499 Å². The number of carboxylic acid groups (broad SMARTS) is 1. The third kappa shape index (κ3) is 17.2. The first-order valence-corrected chi connectivity index (χ1v) is 27.4. The monoisotopic (exact) mass is 1270 g/mol. The van der Waals surface area contributed by atoms with Crippen molar-refractivity contribution in [1.29, 1.82) is 0 Å². The quantitative estimate of drug-likeness (QED) is 0.0251. The fraction of sp³-hybridized carbons (Fsp3) is 0.745. The summed E-state index contributed by atoms with van der Waals surface area (Å²) in [6, 6.07) is 2.68.